The Balaban J connectivity index is 1.81. The van der Waals surface area contributed by atoms with Crippen LogP contribution in [0.15, 0.2) is 48.7 Å². The molecule has 2 amide bonds. The van der Waals surface area contributed by atoms with E-state index in [4.69, 9.17) is 4.74 Å². The number of aryl methyl sites for hydroxylation is 1. The molecule has 25 heavy (non-hydrogen) atoms. The summed E-state index contributed by atoms with van der Waals surface area (Å²) >= 11 is 0. The maximum absolute atomic E-state index is 12.0. The number of amides is 2. The lowest BCUT2D eigenvalue weighted by atomic mass is 10.2. The van der Waals surface area contributed by atoms with Crippen molar-refractivity contribution in [1.82, 2.24) is 4.98 Å². The molecule has 0 saturated carbocycles. The fourth-order valence-electron chi connectivity index (χ4n) is 2.07. The summed E-state index contributed by atoms with van der Waals surface area (Å²) in [6, 6.07) is 12.5. The lowest BCUT2D eigenvalue weighted by Crippen LogP contribution is -2.27. The molecular weight excluding hydrogens is 318 g/mol. The molecule has 6 heteroatoms. The maximum atomic E-state index is 12.0. The van der Waals surface area contributed by atoms with Gasteiger partial charge < -0.3 is 10.1 Å². The van der Waals surface area contributed by atoms with Crippen molar-refractivity contribution in [3.05, 3.63) is 54.4 Å². The third-order valence-corrected chi connectivity index (χ3v) is 3.15. The summed E-state index contributed by atoms with van der Waals surface area (Å²) in [6.45, 7) is 5.41. The highest BCUT2D eigenvalue weighted by Crippen LogP contribution is 2.16. The molecule has 0 aliphatic rings. The van der Waals surface area contributed by atoms with E-state index in [0.29, 0.717) is 24.2 Å². The Hall–Kier alpha value is -2.89. The standard InChI is InChI=1S/C19H23N3O3/c1-19(2,3)25-18(24)22-16-9-7-15(8-10-16)21-17(23)12-11-14-6-4-5-13-20-14/h4-10,13H,11-12H2,1-3H3,(H,21,23)(H,22,24). The van der Waals surface area contributed by atoms with Crippen LogP contribution in [-0.2, 0) is 16.0 Å². The molecular formula is C19H23N3O3. The van der Waals surface area contributed by atoms with E-state index in [9.17, 15) is 9.59 Å². The second kappa shape index (κ2) is 8.28. The molecule has 1 aromatic carbocycles. The van der Waals surface area contributed by atoms with Crippen LogP contribution >= 0.6 is 0 Å². The van der Waals surface area contributed by atoms with Crippen LogP contribution in [0.2, 0.25) is 0 Å². The number of nitrogens with zero attached hydrogens (tertiary/aromatic N) is 1. The molecule has 2 rings (SSSR count). The SMILES string of the molecule is CC(C)(C)OC(=O)Nc1ccc(NC(=O)CCc2ccccn2)cc1. The van der Waals surface area contributed by atoms with Crippen LogP contribution < -0.4 is 10.6 Å². The van der Waals surface area contributed by atoms with Crippen LogP contribution in [0.5, 0.6) is 0 Å². The summed E-state index contributed by atoms with van der Waals surface area (Å²) in [5, 5.41) is 5.46. The Bertz CT molecular complexity index is 707. The minimum atomic E-state index is -0.550. The first-order chi connectivity index (χ1) is 11.8. The lowest BCUT2D eigenvalue weighted by molar-refractivity contribution is -0.116. The van der Waals surface area contributed by atoms with Crippen LogP contribution in [-0.4, -0.2) is 22.6 Å². The smallest absolute Gasteiger partial charge is 0.412 e. The van der Waals surface area contributed by atoms with Gasteiger partial charge in [0.05, 0.1) is 0 Å². The fraction of sp³-hybridized carbons (Fsp3) is 0.316. The number of aromatic nitrogens is 1. The molecule has 0 spiro atoms. The number of hydrogen-bond donors (Lipinski definition) is 2. The van der Waals surface area contributed by atoms with E-state index < -0.39 is 11.7 Å². The first-order valence-electron chi connectivity index (χ1n) is 8.12. The van der Waals surface area contributed by atoms with E-state index in [1.54, 1.807) is 51.2 Å². The van der Waals surface area contributed by atoms with Gasteiger partial charge in [-0.25, -0.2) is 4.79 Å². The molecule has 2 N–H and O–H groups in total. The van der Waals surface area contributed by atoms with Gasteiger partial charge in [-0.15, -0.1) is 0 Å². The molecule has 0 radical (unpaired) electrons. The van der Waals surface area contributed by atoms with Crippen LogP contribution in [0, 0.1) is 0 Å². The van der Waals surface area contributed by atoms with Crippen molar-refractivity contribution in [3.63, 3.8) is 0 Å². The Labute approximate surface area is 147 Å². The predicted octanol–water partition coefficient (Wildman–Crippen LogP) is 4.00. The van der Waals surface area contributed by atoms with Crippen LogP contribution in [0.4, 0.5) is 16.2 Å². The van der Waals surface area contributed by atoms with Crippen molar-refractivity contribution in [2.24, 2.45) is 0 Å². The van der Waals surface area contributed by atoms with Crippen LogP contribution in [0.3, 0.4) is 0 Å². The third kappa shape index (κ3) is 7.03. The van der Waals surface area contributed by atoms with Gasteiger partial charge in [0.2, 0.25) is 5.91 Å². The highest BCUT2D eigenvalue weighted by molar-refractivity contribution is 5.91. The first-order valence-corrected chi connectivity index (χ1v) is 8.12. The fourth-order valence-corrected chi connectivity index (χ4v) is 2.07. The Morgan fingerprint density at radius 3 is 2.20 bits per heavy atom. The summed E-state index contributed by atoms with van der Waals surface area (Å²) < 4.78 is 5.18. The second-order valence-corrected chi connectivity index (χ2v) is 6.57. The van der Waals surface area contributed by atoms with Gasteiger partial charge in [-0.3, -0.25) is 15.1 Å². The average Bonchev–Trinajstić information content (AvgIpc) is 2.54. The molecule has 2 aromatic rings. The molecule has 0 aliphatic carbocycles. The van der Waals surface area contributed by atoms with Gasteiger partial charge >= 0.3 is 6.09 Å². The highest BCUT2D eigenvalue weighted by Gasteiger charge is 2.16. The van der Waals surface area contributed by atoms with Gasteiger partial charge in [-0.05, 0) is 63.6 Å². The summed E-state index contributed by atoms with van der Waals surface area (Å²) in [5.74, 6) is -0.0847. The molecule has 0 saturated heterocycles. The van der Waals surface area contributed by atoms with Gasteiger partial charge in [-0.2, -0.15) is 0 Å². The maximum Gasteiger partial charge on any atom is 0.412 e. The van der Waals surface area contributed by atoms with E-state index in [2.05, 4.69) is 15.6 Å². The number of benzene rings is 1. The Morgan fingerprint density at radius 2 is 1.64 bits per heavy atom. The molecule has 0 unspecified atom stereocenters. The highest BCUT2D eigenvalue weighted by atomic mass is 16.6. The Morgan fingerprint density at radius 1 is 1.00 bits per heavy atom. The Kier molecular flexibility index (Phi) is 6.11. The quantitative estimate of drug-likeness (QED) is 0.861. The summed E-state index contributed by atoms with van der Waals surface area (Å²) in [6.07, 6.45) is 2.14. The number of carbonyl (C=O) groups is 2. The number of hydrogen-bond acceptors (Lipinski definition) is 4. The first kappa shape index (κ1) is 18.4. The number of anilines is 2. The third-order valence-electron chi connectivity index (χ3n) is 3.15. The zero-order valence-electron chi connectivity index (χ0n) is 14.7. The van der Waals surface area contributed by atoms with Crippen LogP contribution in [0.25, 0.3) is 0 Å². The van der Waals surface area contributed by atoms with Gasteiger partial charge in [0.15, 0.2) is 0 Å². The summed E-state index contributed by atoms with van der Waals surface area (Å²) in [7, 11) is 0. The van der Waals surface area contributed by atoms with Crippen molar-refractivity contribution < 1.29 is 14.3 Å². The average molecular weight is 341 g/mol. The van der Waals surface area contributed by atoms with E-state index in [0.717, 1.165) is 5.69 Å². The molecule has 0 fully saturated rings. The van der Waals surface area contributed by atoms with Crippen molar-refractivity contribution in [2.45, 2.75) is 39.2 Å². The second-order valence-electron chi connectivity index (χ2n) is 6.57. The van der Waals surface area contributed by atoms with Gasteiger partial charge in [0.25, 0.3) is 0 Å². The molecule has 132 valence electrons. The molecule has 0 bridgehead atoms. The topological polar surface area (TPSA) is 80.3 Å². The van der Waals surface area contributed by atoms with Gasteiger partial charge in [0.1, 0.15) is 5.60 Å². The monoisotopic (exact) mass is 341 g/mol. The molecule has 1 aromatic heterocycles. The summed E-state index contributed by atoms with van der Waals surface area (Å²) in [4.78, 5) is 27.9. The lowest BCUT2D eigenvalue weighted by Gasteiger charge is -2.19. The molecule has 1 heterocycles. The molecule has 0 atom stereocenters. The van der Waals surface area contributed by atoms with E-state index in [-0.39, 0.29) is 5.91 Å². The molecule has 6 nitrogen and oxygen atoms in total. The zero-order valence-corrected chi connectivity index (χ0v) is 14.7. The van der Waals surface area contributed by atoms with Gasteiger partial charge in [0, 0.05) is 29.7 Å². The normalized spacial score (nSPS) is 10.8. The zero-order chi connectivity index (χ0) is 18.3. The van der Waals surface area contributed by atoms with Crippen molar-refractivity contribution >= 4 is 23.4 Å². The molecule has 0 aliphatic heterocycles. The number of ether oxygens (including phenoxy) is 1. The predicted molar refractivity (Wildman–Crippen MR) is 97.5 cm³/mol. The number of pyridine rings is 1. The van der Waals surface area contributed by atoms with E-state index >= 15 is 0 Å². The number of rotatable bonds is 5. The van der Waals surface area contributed by atoms with Crippen molar-refractivity contribution in [1.29, 1.82) is 0 Å². The van der Waals surface area contributed by atoms with Crippen molar-refractivity contribution in [3.8, 4) is 0 Å². The van der Waals surface area contributed by atoms with E-state index in [1.807, 2.05) is 18.2 Å². The minimum Gasteiger partial charge on any atom is -0.444 e. The van der Waals surface area contributed by atoms with Crippen LogP contribution in [0.1, 0.15) is 32.9 Å². The largest absolute Gasteiger partial charge is 0.444 e. The van der Waals surface area contributed by atoms with Gasteiger partial charge in [-0.1, -0.05) is 6.07 Å². The number of nitrogens with one attached hydrogen (secondary N) is 2. The number of carbonyl (C=O) groups excluding carboxylic acids is 2. The summed E-state index contributed by atoms with van der Waals surface area (Å²) in [5.41, 5.74) is 1.60. The van der Waals surface area contributed by atoms with Crippen molar-refractivity contribution in [2.75, 3.05) is 10.6 Å². The van der Waals surface area contributed by atoms with E-state index in [1.165, 1.54) is 0 Å². The minimum absolute atomic E-state index is 0.0847.